The van der Waals surface area contributed by atoms with E-state index >= 15 is 0 Å². The molecule has 0 aliphatic heterocycles. The van der Waals surface area contributed by atoms with Gasteiger partial charge < -0.3 is 4.42 Å². The van der Waals surface area contributed by atoms with Crippen molar-refractivity contribution in [2.24, 2.45) is 0 Å². The molecule has 0 saturated carbocycles. The molecule has 0 bridgehead atoms. The van der Waals surface area contributed by atoms with Crippen molar-refractivity contribution in [2.45, 2.75) is 0 Å². The van der Waals surface area contributed by atoms with Gasteiger partial charge in [0.1, 0.15) is 11.5 Å². The monoisotopic (exact) mass is 706 g/mol. The van der Waals surface area contributed by atoms with Crippen molar-refractivity contribution >= 4 is 53.4 Å². The standard InChI is InChI=1S/C22H14Br2.C20H14O/c23-21-19(15-9-3-1-4-10-15)17-13-7-8-14-18(17)20(22(21)24)16-11-5-2-6-12-16;1-3-9-15(10-4-1)19-17-13-7-8-14-18(17)20(21-19)16-11-5-2-6-12-16/h1-14H;1-14H. The quantitative estimate of drug-likeness (QED) is 0.177. The Hall–Kier alpha value is -4.70. The minimum atomic E-state index is 0.935. The van der Waals surface area contributed by atoms with E-state index in [1.54, 1.807) is 0 Å². The van der Waals surface area contributed by atoms with Crippen molar-refractivity contribution in [3.05, 3.63) is 179 Å². The van der Waals surface area contributed by atoms with E-state index in [2.05, 4.69) is 153 Å². The van der Waals surface area contributed by atoms with Crippen LogP contribution >= 0.6 is 31.9 Å². The second-order valence-electron chi connectivity index (χ2n) is 10.7. The minimum Gasteiger partial charge on any atom is -0.455 e. The van der Waals surface area contributed by atoms with E-state index in [4.69, 9.17) is 4.42 Å². The summed E-state index contributed by atoms with van der Waals surface area (Å²) >= 11 is 7.68. The predicted octanol–water partition coefficient (Wildman–Crippen LogP) is 13.5. The number of hydrogen-bond acceptors (Lipinski definition) is 1. The first kappa shape index (κ1) is 29.0. The molecule has 216 valence electrons. The first-order chi connectivity index (χ1) is 22.2. The molecule has 0 aliphatic rings. The fourth-order valence-corrected chi connectivity index (χ4v) is 7.13. The molecule has 7 aromatic carbocycles. The van der Waals surface area contributed by atoms with Crippen molar-refractivity contribution in [1.29, 1.82) is 0 Å². The molecule has 3 heteroatoms. The van der Waals surface area contributed by atoms with E-state index in [0.717, 1.165) is 42.4 Å². The van der Waals surface area contributed by atoms with Gasteiger partial charge >= 0.3 is 0 Å². The van der Waals surface area contributed by atoms with Gasteiger partial charge in [-0.3, -0.25) is 0 Å². The Morgan fingerprint density at radius 2 is 0.556 bits per heavy atom. The molecule has 0 saturated heterocycles. The Morgan fingerprint density at radius 3 is 0.889 bits per heavy atom. The van der Waals surface area contributed by atoms with Crippen LogP contribution in [0.4, 0.5) is 0 Å². The third kappa shape index (κ3) is 5.78. The highest BCUT2D eigenvalue weighted by Gasteiger charge is 2.18. The molecular weight excluding hydrogens is 680 g/mol. The van der Waals surface area contributed by atoms with E-state index in [9.17, 15) is 0 Å². The van der Waals surface area contributed by atoms with Crippen molar-refractivity contribution in [3.8, 4) is 44.9 Å². The van der Waals surface area contributed by atoms with Crippen molar-refractivity contribution in [1.82, 2.24) is 0 Å². The van der Waals surface area contributed by atoms with Crippen molar-refractivity contribution < 1.29 is 4.42 Å². The molecule has 1 nitrogen and oxygen atoms in total. The third-order valence-corrected chi connectivity index (χ3v) is 10.0. The highest BCUT2D eigenvalue weighted by Crippen LogP contribution is 2.47. The van der Waals surface area contributed by atoms with E-state index < -0.39 is 0 Å². The molecule has 1 heterocycles. The third-order valence-electron chi connectivity index (χ3n) is 7.91. The molecule has 0 unspecified atom stereocenters. The highest BCUT2D eigenvalue weighted by atomic mass is 79.9. The number of hydrogen-bond donors (Lipinski definition) is 0. The van der Waals surface area contributed by atoms with Crippen LogP contribution in [0.5, 0.6) is 0 Å². The summed E-state index contributed by atoms with van der Waals surface area (Å²) in [6, 6.07) is 58.5. The zero-order chi connectivity index (χ0) is 30.6. The Bertz CT molecular complexity index is 2050. The van der Waals surface area contributed by atoms with Crippen LogP contribution in [0.2, 0.25) is 0 Å². The molecule has 0 N–H and O–H groups in total. The maximum absolute atomic E-state index is 6.24. The molecule has 45 heavy (non-hydrogen) atoms. The first-order valence-corrected chi connectivity index (χ1v) is 16.4. The van der Waals surface area contributed by atoms with Crippen LogP contribution in [0.15, 0.2) is 183 Å². The van der Waals surface area contributed by atoms with Gasteiger partial charge in [-0.15, -0.1) is 0 Å². The summed E-state index contributed by atoms with van der Waals surface area (Å²) in [7, 11) is 0. The molecule has 8 aromatic rings. The summed E-state index contributed by atoms with van der Waals surface area (Å²) in [5.74, 6) is 1.87. The van der Waals surface area contributed by atoms with Crippen LogP contribution in [0, 0.1) is 0 Å². The largest absolute Gasteiger partial charge is 0.455 e. The van der Waals surface area contributed by atoms with E-state index in [0.29, 0.717) is 0 Å². The average molecular weight is 708 g/mol. The van der Waals surface area contributed by atoms with Gasteiger partial charge in [0.15, 0.2) is 0 Å². The lowest BCUT2D eigenvalue weighted by Gasteiger charge is -2.17. The number of furan rings is 1. The zero-order valence-electron chi connectivity index (χ0n) is 24.3. The summed E-state index contributed by atoms with van der Waals surface area (Å²) in [5.41, 5.74) is 7.07. The lowest BCUT2D eigenvalue weighted by Crippen LogP contribution is -1.90. The minimum absolute atomic E-state index is 0.935. The number of benzene rings is 7. The number of rotatable bonds is 4. The van der Waals surface area contributed by atoms with Gasteiger partial charge in [0.05, 0.1) is 0 Å². The van der Waals surface area contributed by atoms with Crippen molar-refractivity contribution in [2.75, 3.05) is 0 Å². The normalized spacial score (nSPS) is 10.9. The second-order valence-corrected chi connectivity index (χ2v) is 12.3. The van der Waals surface area contributed by atoms with Crippen LogP contribution in [0.3, 0.4) is 0 Å². The average Bonchev–Trinajstić information content (AvgIpc) is 3.51. The summed E-state index contributed by atoms with van der Waals surface area (Å²) < 4.78 is 8.42. The Kier molecular flexibility index (Phi) is 8.46. The maximum atomic E-state index is 6.24. The Morgan fingerprint density at radius 1 is 0.289 bits per heavy atom. The fraction of sp³-hybridized carbons (Fsp3) is 0. The maximum Gasteiger partial charge on any atom is 0.142 e. The molecule has 0 fully saturated rings. The van der Waals surface area contributed by atoms with E-state index in [1.807, 2.05) is 48.5 Å². The molecule has 0 spiro atoms. The second kappa shape index (κ2) is 13.1. The van der Waals surface area contributed by atoms with Gasteiger partial charge in [-0.2, -0.15) is 0 Å². The zero-order valence-corrected chi connectivity index (χ0v) is 27.5. The van der Waals surface area contributed by atoms with E-state index in [-0.39, 0.29) is 0 Å². The molecule has 0 amide bonds. The van der Waals surface area contributed by atoms with Gasteiger partial charge in [-0.25, -0.2) is 0 Å². The Balaban J connectivity index is 0.000000146. The number of fused-ring (bicyclic) bond motifs is 2. The predicted molar refractivity (Wildman–Crippen MR) is 197 cm³/mol. The van der Waals surface area contributed by atoms with Crippen LogP contribution in [0.1, 0.15) is 0 Å². The van der Waals surface area contributed by atoms with Crippen molar-refractivity contribution in [3.63, 3.8) is 0 Å². The fourth-order valence-electron chi connectivity index (χ4n) is 5.85. The first-order valence-electron chi connectivity index (χ1n) is 14.8. The smallest absolute Gasteiger partial charge is 0.142 e. The van der Waals surface area contributed by atoms with Gasteiger partial charge in [0.25, 0.3) is 0 Å². The van der Waals surface area contributed by atoms with Crippen LogP contribution < -0.4 is 0 Å². The molecule has 1 aromatic heterocycles. The topological polar surface area (TPSA) is 13.1 Å². The van der Waals surface area contributed by atoms with Crippen LogP contribution in [0.25, 0.3) is 66.4 Å². The lowest BCUT2D eigenvalue weighted by molar-refractivity contribution is 0.602. The van der Waals surface area contributed by atoms with Crippen LogP contribution in [-0.2, 0) is 0 Å². The summed E-state index contributed by atoms with van der Waals surface area (Å²) in [6.07, 6.45) is 0. The van der Waals surface area contributed by atoms with Gasteiger partial charge in [-0.05, 0) is 53.8 Å². The van der Waals surface area contributed by atoms with E-state index in [1.165, 1.54) is 33.0 Å². The molecule has 0 radical (unpaired) electrons. The Labute approximate surface area is 280 Å². The number of halogens is 2. The van der Waals surface area contributed by atoms with Crippen LogP contribution in [-0.4, -0.2) is 0 Å². The molecule has 0 atom stereocenters. The molecule has 8 rings (SSSR count). The highest BCUT2D eigenvalue weighted by molar-refractivity contribution is 9.13. The van der Waals surface area contributed by atoms with Gasteiger partial charge in [0.2, 0.25) is 0 Å². The summed E-state index contributed by atoms with van der Waals surface area (Å²) in [4.78, 5) is 0. The summed E-state index contributed by atoms with van der Waals surface area (Å²) in [6.45, 7) is 0. The summed E-state index contributed by atoms with van der Waals surface area (Å²) in [5, 5.41) is 4.81. The van der Waals surface area contributed by atoms with Gasteiger partial charge in [-0.1, -0.05) is 170 Å². The molecular formula is C42H28Br2O. The molecule has 0 aliphatic carbocycles. The lowest BCUT2D eigenvalue weighted by atomic mass is 9.92. The SMILES string of the molecule is Brc1c(Br)c(-c2ccccc2)c2ccccc2c1-c1ccccc1.c1ccc(-c2oc(-c3ccccc3)c3ccccc23)cc1. The van der Waals surface area contributed by atoms with Gasteiger partial charge in [0, 0.05) is 42.0 Å².